The number of rotatable bonds is 6. The van der Waals surface area contributed by atoms with Crippen molar-refractivity contribution in [2.75, 3.05) is 24.7 Å². The van der Waals surface area contributed by atoms with Crippen LogP contribution in [0.15, 0.2) is 53.4 Å². The lowest BCUT2D eigenvalue weighted by Gasteiger charge is -2.17. The Morgan fingerprint density at radius 1 is 1.08 bits per heavy atom. The second-order valence-electron chi connectivity index (χ2n) is 5.72. The Kier molecular flexibility index (Phi) is 6.44. The van der Waals surface area contributed by atoms with Gasteiger partial charge in [-0.25, -0.2) is 0 Å². The van der Waals surface area contributed by atoms with Gasteiger partial charge in [0, 0.05) is 17.6 Å². The molecule has 0 aliphatic rings. The van der Waals surface area contributed by atoms with E-state index in [9.17, 15) is 9.59 Å². The Labute approximate surface area is 147 Å². The molecule has 0 aliphatic heterocycles. The van der Waals surface area contributed by atoms with Crippen LogP contribution in [0.1, 0.15) is 11.1 Å². The summed E-state index contributed by atoms with van der Waals surface area (Å²) in [6.45, 7) is 3.97. The van der Waals surface area contributed by atoms with E-state index in [1.807, 2.05) is 62.4 Å². The lowest BCUT2D eigenvalue weighted by atomic mass is 10.1. The number of nitrogens with zero attached hydrogens (tertiary/aromatic N) is 1. The summed E-state index contributed by atoms with van der Waals surface area (Å²) < 4.78 is 0. The first kappa shape index (κ1) is 18.1. The van der Waals surface area contributed by atoms with Gasteiger partial charge >= 0.3 is 0 Å². The van der Waals surface area contributed by atoms with E-state index < -0.39 is 0 Å². The van der Waals surface area contributed by atoms with E-state index in [2.05, 4.69) is 5.32 Å². The second-order valence-corrected chi connectivity index (χ2v) is 6.77. The number of amides is 2. The molecule has 0 aliphatic carbocycles. The zero-order valence-corrected chi connectivity index (χ0v) is 15.0. The molecule has 4 nitrogen and oxygen atoms in total. The predicted molar refractivity (Wildman–Crippen MR) is 99.3 cm³/mol. The van der Waals surface area contributed by atoms with Crippen LogP contribution in [0, 0.1) is 13.8 Å². The normalized spacial score (nSPS) is 10.3. The van der Waals surface area contributed by atoms with E-state index in [1.165, 1.54) is 16.7 Å². The van der Waals surface area contributed by atoms with E-state index in [4.69, 9.17) is 0 Å². The molecule has 0 fully saturated rings. The number of likely N-dealkylation sites (N-methyl/N-ethyl adjacent to an activating group) is 1. The molecule has 0 atom stereocenters. The van der Waals surface area contributed by atoms with Crippen molar-refractivity contribution in [3.05, 3.63) is 59.7 Å². The first-order chi connectivity index (χ1) is 11.5. The fourth-order valence-electron chi connectivity index (χ4n) is 2.14. The molecule has 126 valence electrons. The summed E-state index contributed by atoms with van der Waals surface area (Å²) in [5, 5.41) is 2.87. The summed E-state index contributed by atoms with van der Waals surface area (Å²) in [7, 11) is 1.65. The zero-order valence-electron chi connectivity index (χ0n) is 14.2. The van der Waals surface area contributed by atoms with Gasteiger partial charge in [-0.05, 0) is 43.2 Å². The largest absolute Gasteiger partial charge is 0.336 e. The van der Waals surface area contributed by atoms with E-state index in [1.54, 1.807) is 7.05 Å². The summed E-state index contributed by atoms with van der Waals surface area (Å²) in [5.74, 6) is 0.0568. The molecule has 0 aromatic heterocycles. The van der Waals surface area contributed by atoms with Gasteiger partial charge in [0.2, 0.25) is 11.8 Å². The Morgan fingerprint density at radius 2 is 1.79 bits per heavy atom. The molecule has 2 rings (SSSR count). The van der Waals surface area contributed by atoms with Gasteiger partial charge in [0.05, 0.1) is 12.3 Å². The van der Waals surface area contributed by atoms with Crippen LogP contribution in [0.25, 0.3) is 0 Å². The van der Waals surface area contributed by atoms with Gasteiger partial charge in [-0.15, -0.1) is 11.8 Å². The van der Waals surface area contributed by atoms with Crippen molar-refractivity contribution in [2.45, 2.75) is 18.7 Å². The van der Waals surface area contributed by atoms with Gasteiger partial charge in [0.15, 0.2) is 0 Å². The summed E-state index contributed by atoms with van der Waals surface area (Å²) in [6.07, 6.45) is 0. The van der Waals surface area contributed by atoms with E-state index >= 15 is 0 Å². The molecule has 2 amide bonds. The van der Waals surface area contributed by atoms with Crippen LogP contribution in [0.2, 0.25) is 0 Å². The topological polar surface area (TPSA) is 49.4 Å². The molecule has 0 saturated carbocycles. The lowest BCUT2D eigenvalue weighted by Crippen LogP contribution is -2.36. The third-order valence-electron chi connectivity index (χ3n) is 3.58. The average molecular weight is 342 g/mol. The first-order valence-electron chi connectivity index (χ1n) is 7.74. The minimum Gasteiger partial charge on any atom is -0.336 e. The van der Waals surface area contributed by atoms with Crippen LogP contribution in [-0.4, -0.2) is 36.1 Å². The Morgan fingerprint density at radius 3 is 2.50 bits per heavy atom. The first-order valence-corrected chi connectivity index (χ1v) is 8.73. The number of hydrogen-bond acceptors (Lipinski definition) is 3. The minimum atomic E-state index is -0.190. The van der Waals surface area contributed by atoms with Crippen molar-refractivity contribution in [3.63, 3.8) is 0 Å². The Balaban J connectivity index is 1.84. The summed E-state index contributed by atoms with van der Waals surface area (Å²) in [6, 6.07) is 15.6. The van der Waals surface area contributed by atoms with Gasteiger partial charge in [-0.3, -0.25) is 9.59 Å². The third kappa shape index (κ3) is 5.42. The van der Waals surface area contributed by atoms with Crippen molar-refractivity contribution in [2.24, 2.45) is 0 Å². The predicted octanol–water partition coefficient (Wildman–Crippen LogP) is 3.49. The number of carbonyl (C=O) groups is 2. The fourth-order valence-corrected chi connectivity index (χ4v) is 3.00. The number of aryl methyl sites for hydroxylation is 2. The summed E-state index contributed by atoms with van der Waals surface area (Å²) in [5.41, 5.74) is 2.88. The Bertz CT molecular complexity index is 717. The molecule has 0 radical (unpaired) electrons. The molecule has 5 heteroatoms. The van der Waals surface area contributed by atoms with Crippen LogP contribution < -0.4 is 5.32 Å². The van der Waals surface area contributed by atoms with Gasteiger partial charge in [-0.1, -0.05) is 30.3 Å². The highest BCUT2D eigenvalue weighted by Gasteiger charge is 2.14. The van der Waals surface area contributed by atoms with Crippen molar-refractivity contribution in [1.29, 1.82) is 0 Å². The van der Waals surface area contributed by atoms with Gasteiger partial charge in [0.1, 0.15) is 0 Å². The molecular weight excluding hydrogens is 320 g/mol. The van der Waals surface area contributed by atoms with E-state index in [0.717, 1.165) is 21.7 Å². The van der Waals surface area contributed by atoms with Crippen molar-refractivity contribution in [1.82, 2.24) is 4.90 Å². The maximum absolute atomic E-state index is 12.2. The van der Waals surface area contributed by atoms with E-state index in [-0.39, 0.29) is 18.4 Å². The molecule has 0 unspecified atom stereocenters. The highest BCUT2D eigenvalue weighted by molar-refractivity contribution is 8.00. The highest BCUT2D eigenvalue weighted by atomic mass is 32.2. The highest BCUT2D eigenvalue weighted by Crippen LogP contribution is 2.18. The van der Waals surface area contributed by atoms with Crippen molar-refractivity contribution < 1.29 is 9.59 Å². The number of anilines is 1. The molecule has 1 N–H and O–H groups in total. The standard InChI is InChI=1S/C19H22N2O2S/c1-14-9-10-15(2)17(11-14)20-18(22)12-21(3)19(23)13-24-16-7-5-4-6-8-16/h4-11H,12-13H2,1-3H3,(H,20,22). The molecule has 2 aromatic carbocycles. The number of nitrogens with one attached hydrogen (secondary N) is 1. The second kappa shape index (κ2) is 8.55. The third-order valence-corrected chi connectivity index (χ3v) is 4.58. The molecule has 0 spiro atoms. The van der Waals surface area contributed by atoms with Crippen LogP contribution in [0.5, 0.6) is 0 Å². The molecule has 0 heterocycles. The maximum Gasteiger partial charge on any atom is 0.243 e. The van der Waals surface area contributed by atoms with Crippen LogP contribution in [0.3, 0.4) is 0 Å². The van der Waals surface area contributed by atoms with Crippen molar-refractivity contribution >= 4 is 29.3 Å². The monoisotopic (exact) mass is 342 g/mol. The van der Waals surface area contributed by atoms with Crippen LogP contribution in [0.4, 0.5) is 5.69 Å². The number of hydrogen-bond donors (Lipinski definition) is 1. The van der Waals surface area contributed by atoms with Crippen LogP contribution in [-0.2, 0) is 9.59 Å². The van der Waals surface area contributed by atoms with Gasteiger partial charge in [0.25, 0.3) is 0 Å². The van der Waals surface area contributed by atoms with Gasteiger partial charge < -0.3 is 10.2 Å². The average Bonchev–Trinajstić information content (AvgIpc) is 2.56. The van der Waals surface area contributed by atoms with Crippen molar-refractivity contribution in [3.8, 4) is 0 Å². The minimum absolute atomic E-state index is 0.0432. The van der Waals surface area contributed by atoms with Crippen LogP contribution >= 0.6 is 11.8 Å². The molecule has 0 saturated heterocycles. The number of benzene rings is 2. The number of carbonyl (C=O) groups excluding carboxylic acids is 2. The molecular formula is C19H22N2O2S. The Hall–Kier alpha value is -2.27. The summed E-state index contributed by atoms with van der Waals surface area (Å²) in [4.78, 5) is 26.8. The number of thioether (sulfide) groups is 1. The summed E-state index contributed by atoms with van der Waals surface area (Å²) >= 11 is 1.47. The maximum atomic E-state index is 12.2. The smallest absolute Gasteiger partial charge is 0.243 e. The molecule has 2 aromatic rings. The molecule has 0 bridgehead atoms. The van der Waals surface area contributed by atoms with Gasteiger partial charge in [-0.2, -0.15) is 0 Å². The SMILES string of the molecule is Cc1ccc(C)c(NC(=O)CN(C)C(=O)CSc2ccccc2)c1. The van der Waals surface area contributed by atoms with E-state index in [0.29, 0.717) is 5.75 Å². The lowest BCUT2D eigenvalue weighted by molar-refractivity contribution is -0.131. The molecule has 24 heavy (non-hydrogen) atoms. The zero-order chi connectivity index (χ0) is 17.5. The fraction of sp³-hybridized carbons (Fsp3) is 0.263. The quantitative estimate of drug-likeness (QED) is 0.818.